The number of aromatic amines is 1. The SMILES string of the molecule is O=C(O)c1ccc(-c2ccc(-c3nc4nc(OC5CC(C(=O)N6CC(O)C6)C5)[nH]c4cc3Cl)cc2)cc1. The molecule has 2 aliphatic rings. The van der Waals surface area contributed by atoms with Gasteiger partial charge in [-0.15, -0.1) is 0 Å². The van der Waals surface area contributed by atoms with E-state index in [9.17, 15) is 14.7 Å². The van der Waals surface area contributed by atoms with Gasteiger partial charge in [-0.1, -0.05) is 48.0 Å². The Bertz CT molecular complexity index is 1490. The number of carbonyl (C=O) groups is 2. The predicted molar refractivity (Wildman–Crippen MR) is 136 cm³/mol. The van der Waals surface area contributed by atoms with E-state index >= 15 is 0 Å². The van der Waals surface area contributed by atoms with Crippen LogP contribution in [0.4, 0.5) is 0 Å². The Morgan fingerprint density at radius 1 is 0.973 bits per heavy atom. The molecule has 2 aromatic heterocycles. The van der Waals surface area contributed by atoms with Crippen LogP contribution in [0.1, 0.15) is 23.2 Å². The van der Waals surface area contributed by atoms with E-state index in [0.717, 1.165) is 16.7 Å². The molecular weight excluding hydrogens is 496 g/mol. The lowest BCUT2D eigenvalue weighted by Crippen LogP contribution is -2.57. The lowest BCUT2D eigenvalue weighted by atomic mass is 9.80. The van der Waals surface area contributed by atoms with Gasteiger partial charge in [0.2, 0.25) is 5.91 Å². The molecule has 0 atom stereocenters. The Balaban J connectivity index is 1.14. The number of aromatic carboxylic acids is 1. The number of nitrogens with one attached hydrogen (secondary N) is 1. The molecule has 1 amide bonds. The number of rotatable bonds is 6. The van der Waals surface area contributed by atoms with Crippen molar-refractivity contribution >= 4 is 34.6 Å². The minimum Gasteiger partial charge on any atom is -0.478 e. The summed E-state index contributed by atoms with van der Waals surface area (Å²) in [7, 11) is 0. The maximum Gasteiger partial charge on any atom is 0.335 e. The van der Waals surface area contributed by atoms with E-state index in [1.165, 1.54) is 0 Å². The summed E-state index contributed by atoms with van der Waals surface area (Å²) in [5, 5.41) is 18.9. The molecule has 1 saturated carbocycles. The first-order chi connectivity index (χ1) is 17.8. The zero-order valence-electron chi connectivity index (χ0n) is 19.6. The van der Waals surface area contributed by atoms with Crippen molar-refractivity contribution < 1.29 is 24.5 Å². The fourth-order valence-corrected chi connectivity index (χ4v) is 4.96. The molecule has 3 heterocycles. The van der Waals surface area contributed by atoms with E-state index in [4.69, 9.17) is 21.4 Å². The number of carboxylic acid groups (broad SMARTS) is 1. The van der Waals surface area contributed by atoms with Gasteiger partial charge in [0.25, 0.3) is 6.01 Å². The molecule has 1 aliphatic carbocycles. The summed E-state index contributed by atoms with van der Waals surface area (Å²) in [5.41, 5.74) is 4.62. The van der Waals surface area contributed by atoms with Crippen molar-refractivity contribution in [3.63, 3.8) is 0 Å². The molecule has 0 radical (unpaired) electrons. The van der Waals surface area contributed by atoms with Crippen molar-refractivity contribution in [1.82, 2.24) is 19.9 Å². The Morgan fingerprint density at radius 2 is 1.59 bits per heavy atom. The summed E-state index contributed by atoms with van der Waals surface area (Å²) in [6, 6.07) is 16.5. The van der Waals surface area contributed by atoms with Crippen LogP contribution in [0.25, 0.3) is 33.5 Å². The number of aliphatic hydroxyl groups excluding tert-OH is 1. The number of carboxylic acids is 1. The molecule has 4 aromatic rings. The van der Waals surface area contributed by atoms with Gasteiger partial charge < -0.3 is 24.8 Å². The number of pyridine rings is 1. The summed E-state index contributed by atoms with van der Waals surface area (Å²) in [6.45, 7) is 0.837. The van der Waals surface area contributed by atoms with Gasteiger partial charge >= 0.3 is 5.97 Å². The molecule has 10 heteroatoms. The molecule has 0 unspecified atom stereocenters. The predicted octanol–water partition coefficient (Wildman–Crippen LogP) is 4.00. The third kappa shape index (κ3) is 4.52. The quantitative estimate of drug-likeness (QED) is 0.352. The number of β-amino-alcohol motifs (C(OH)–C–C–N with tert-alkyl or cyclic N) is 1. The van der Waals surface area contributed by atoms with Crippen molar-refractivity contribution in [1.29, 1.82) is 0 Å². The number of aliphatic hydroxyl groups is 1. The zero-order valence-corrected chi connectivity index (χ0v) is 20.4. The van der Waals surface area contributed by atoms with Gasteiger partial charge in [0.05, 0.1) is 27.9 Å². The second-order valence-corrected chi connectivity index (χ2v) is 9.90. The zero-order chi connectivity index (χ0) is 25.7. The number of benzene rings is 2. The molecule has 3 N–H and O–H groups in total. The molecule has 0 bridgehead atoms. The van der Waals surface area contributed by atoms with Crippen LogP contribution in [0.5, 0.6) is 6.01 Å². The van der Waals surface area contributed by atoms with E-state index in [-0.39, 0.29) is 23.5 Å². The first kappa shape index (κ1) is 23.4. The number of amides is 1. The number of hydrogen-bond donors (Lipinski definition) is 3. The number of fused-ring (bicyclic) bond motifs is 1. The largest absolute Gasteiger partial charge is 0.478 e. The van der Waals surface area contributed by atoms with Gasteiger partial charge in [-0.25, -0.2) is 9.78 Å². The smallest absolute Gasteiger partial charge is 0.335 e. The van der Waals surface area contributed by atoms with E-state index < -0.39 is 12.1 Å². The van der Waals surface area contributed by atoms with Gasteiger partial charge in [-0.05, 0) is 42.2 Å². The van der Waals surface area contributed by atoms with Crippen LogP contribution in [0, 0.1) is 5.92 Å². The van der Waals surface area contributed by atoms with Gasteiger partial charge in [-0.2, -0.15) is 4.98 Å². The van der Waals surface area contributed by atoms with E-state index in [0.29, 0.717) is 53.8 Å². The highest BCUT2D eigenvalue weighted by molar-refractivity contribution is 6.33. The average molecular weight is 519 g/mol. The minimum atomic E-state index is -0.958. The number of hydrogen-bond acceptors (Lipinski definition) is 6. The first-order valence-corrected chi connectivity index (χ1v) is 12.4. The molecule has 188 valence electrons. The van der Waals surface area contributed by atoms with Crippen molar-refractivity contribution in [2.45, 2.75) is 25.0 Å². The van der Waals surface area contributed by atoms with Crippen LogP contribution in [0.2, 0.25) is 5.02 Å². The maximum absolute atomic E-state index is 12.3. The Hall–Kier alpha value is -3.95. The second kappa shape index (κ2) is 9.17. The van der Waals surface area contributed by atoms with Gasteiger partial charge in [0.15, 0.2) is 5.65 Å². The Labute approximate surface area is 216 Å². The standard InChI is InChI=1S/C27H23ClN4O5/c28-21-11-22-24(31-27(29-22)37-20-9-18(10-20)25(34)32-12-19(33)13-32)30-23(21)16-5-1-14(2-6-16)15-3-7-17(8-4-15)26(35)36/h1-8,11,18-20,33H,9-10,12-13H2,(H,35,36)(H,29,30,31). The van der Waals surface area contributed by atoms with Crippen molar-refractivity contribution in [2.24, 2.45) is 5.92 Å². The van der Waals surface area contributed by atoms with E-state index in [1.54, 1.807) is 35.2 Å². The maximum atomic E-state index is 12.3. The number of halogens is 1. The van der Waals surface area contributed by atoms with Crippen LogP contribution < -0.4 is 4.74 Å². The third-order valence-electron chi connectivity index (χ3n) is 6.92. The molecule has 0 spiro atoms. The molecular formula is C27H23ClN4O5. The molecule has 6 rings (SSSR count). The van der Waals surface area contributed by atoms with Crippen LogP contribution in [0.3, 0.4) is 0 Å². The van der Waals surface area contributed by atoms with Gasteiger partial charge in [0.1, 0.15) is 6.10 Å². The minimum absolute atomic E-state index is 0.0703. The highest BCUT2D eigenvalue weighted by Crippen LogP contribution is 2.35. The van der Waals surface area contributed by atoms with E-state index in [2.05, 4.69) is 15.0 Å². The number of imidazole rings is 1. The lowest BCUT2D eigenvalue weighted by molar-refractivity contribution is -0.151. The molecule has 9 nitrogen and oxygen atoms in total. The van der Waals surface area contributed by atoms with Crippen LogP contribution >= 0.6 is 11.6 Å². The third-order valence-corrected chi connectivity index (χ3v) is 7.21. The highest BCUT2D eigenvalue weighted by atomic mass is 35.5. The van der Waals surface area contributed by atoms with E-state index in [1.807, 2.05) is 24.3 Å². The normalized spacial score (nSPS) is 19.4. The van der Waals surface area contributed by atoms with Crippen molar-refractivity contribution in [3.05, 3.63) is 65.2 Å². The number of nitrogens with zero attached hydrogens (tertiary/aromatic N) is 3. The molecule has 1 aliphatic heterocycles. The Morgan fingerprint density at radius 3 is 2.22 bits per heavy atom. The topological polar surface area (TPSA) is 129 Å². The fraction of sp³-hybridized carbons (Fsp3) is 0.259. The van der Waals surface area contributed by atoms with Crippen molar-refractivity contribution in [2.75, 3.05) is 13.1 Å². The Kier molecular flexibility index (Phi) is 5.81. The number of likely N-dealkylation sites (tertiary alicyclic amines) is 1. The van der Waals surface area contributed by atoms with Gasteiger partial charge in [0, 0.05) is 24.6 Å². The molecule has 2 fully saturated rings. The van der Waals surface area contributed by atoms with Gasteiger partial charge in [-0.3, -0.25) is 4.79 Å². The summed E-state index contributed by atoms with van der Waals surface area (Å²) >= 11 is 6.54. The second-order valence-electron chi connectivity index (χ2n) is 9.50. The summed E-state index contributed by atoms with van der Waals surface area (Å²) in [5.74, 6) is -0.948. The summed E-state index contributed by atoms with van der Waals surface area (Å²) in [4.78, 5) is 37.3. The molecule has 37 heavy (non-hydrogen) atoms. The molecule has 2 aromatic carbocycles. The molecule has 1 saturated heterocycles. The van der Waals surface area contributed by atoms with Crippen LogP contribution in [-0.2, 0) is 4.79 Å². The van der Waals surface area contributed by atoms with Crippen LogP contribution in [0.15, 0.2) is 54.6 Å². The summed E-state index contributed by atoms with van der Waals surface area (Å²) in [6.07, 6.45) is 0.736. The first-order valence-electron chi connectivity index (χ1n) is 12.0. The fourth-order valence-electron chi connectivity index (χ4n) is 4.69. The number of carbonyl (C=O) groups excluding carboxylic acids is 1. The van der Waals surface area contributed by atoms with Crippen LogP contribution in [-0.4, -0.2) is 67.2 Å². The highest BCUT2D eigenvalue weighted by Gasteiger charge is 2.41. The number of aromatic nitrogens is 3. The lowest BCUT2D eigenvalue weighted by Gasteiger charge is -2.42. The monoisotopic (exact) mass is 518 g/mol. The summed E-state index contributed by atoms with van der Waals surface area (Å²) < 4.78 is 5.93. The number of H-pyrrole nitrogens is 1. The van der Waals surface area contributed by atoms with Crippen molar-refractivity contribution in [3.8, 4) is 28.4 Å². The number of ether oxygens (including phenoxy) is 1. The average Bonchev–Trinajstić information content (AvgIpc) is 3.24.